The van der Waals surface area contributed by atoms with Gasteiger partial charge in [-0.25, -0.2) is 8.42 Å². The van der Waals surface area contributed by atoms with Crippen LogP contribution in [-0.4, -0.2) is 62.8 Å². The highest BCUT2D eigenvalue weighted by atomic mass is 32.2. The Kier molecular flexibility index (Phi) is 6.49. The fourth-order valence-electron chi connectivity index (χ4n) is 3.56. The van der Waals surface area contributed by atoms with Crippen LogP contribution in [0.5, 0.6) is 0 Å². The lowest BCUT2D eigenvalue weighted by Gasteiger charge is -2.30. The lowest BCUT2D eigenvalue weighted by Crippen LogP contribution is -2.44. The summed E-state index contributed by atoms with van der Waals surface area (Å²) in [7, 11) is -3.39. The topological polar surface area (TPSA) is 69.7 Å². The minimum absolute atomic E-state index is 0.0730. The molecule has 1 amide bonds. The van der Waals surface area contributed by atoms with Crippen LogP contribution in [-0.2, 0) is 14.8 Å². The van der Waals surface area contributed by atoms with E-state index in [-0.39, 0.29) is 11.8 Å². The van der Waals surface area contributed by atoms with Crippen molar-refractivity contribution in [1.82, 2.24) is 14.5 Å². The summed E-state index contributed by atoms with van der Waals surface area (Å²) in [6, 6.07) is 3.39. The third-order valence-electron chi connectivity index (χ3n) is 5.09. The fraction of sp³-hybridized carbons (Fsp3) is 0.706. The summed E-state index contributed by atoms with van der Waals surface area (Å²) < 4.78 is 26.9. The molecular weight excluding hydrogens is 358 g/mol. The Morgan fingerprint density at radius 3 is 2.52 bits per heavy atom. The smallest absolute Gasteiger partial charge is 0.252 e. The highest BCUT2D eigenvalue weighted by Gasteiger charge is 2.32. The highest BCUT2D eigenvalue weighted by Crippen LogP contribution is 2.26. The van der Waals surface area contributed by atoms with E-state index < -0.39 is 10.0 Å². The number of nitrogens with one attached hydrogen (secondary N) is 1. The Balaban J connectivity index is 1.41. The van der Waals surface area contributed by atoms with Gasteiger partial charge in [0.1, 0.15) is 4.21 Å². The molecule has 1 aromatic heterocycles. The first-order chi connectivity index (χ1) is 12.1. The summed E-state index contributed by atoms with van der Waals surface area (Å²) in [4.78, 5) is 14.7. The number of nitrogens with zero attached hydrogens (tertiary/aromatic N) is 2. The molecule has 3 heterocycles. The predicted molar refractivity (Wildman–Crippen MR) is 99.1 cm³/mol. The molecule has 0 bridgehead atoms. The van der Waals surface area contributed by atoms with Crippen molar-refractivity contribution in [3.8, 4) is 0 Å². The highest BCUT2D eigenvalue weighted by molar-refractivity contribution is 7.91. The van der Waals surface area contributed by atoms with Gasteiger partial charge in [0.25, 0.3) is 10.0 Å². The van der Waals surface area contributed by atoms with Crippen molar-refractivity contribution in [2.45, 2.75) is 36.3 Å². The molecule has 6 nitrogen and oxygen atoms in total. The molecule has 2 aliphatic heterocycles. The van der Waals surface area contributed by atoms with Gasteiger partial charge in [-0.2, -0.15) is 4.31 Å². The summed E-state index contributed by atoms with van der Waals surface area (Å²) in [6.45, 7) is 4.71. The number of rotatable bonds is 6. The van der Waals surface area contributed by atoms with Crippen molar-refractivity contribution in [3.63, 3.8) is 0 Å². The van der Waals surface area contributed by atoms with Gasteiger partial charge in [-0.05, 0) is 50.2 Å². The van der Waals surface area contributed by atoms with E-state index in [1.807, 2.05) is 0 Å². The van der Waals surface area contributed by atoms with Crippen LogP contribution in [0.15, 0.2) is 21.7 Å². The second-order valence-electron chi connectivity index (χ2n) is 6.80. The van der Waals surface area contributed by atoms with Crippen LogP contribution >= 0.6 is 11.3 Å². The summed E-state index contributed by atoms with van der Waals surface area (Å²) >= 11 is 1.24. The third-order valence-corrected chi connectivity index (χ3v) is 8.36. The van der Waals surface area contributed by atoms with Crippen molar-refractivity contribution < 1.29 is 13.2 Å². The Labute approximate surface area is 154 Å². The number of piperidine rings is 2. The first-order valence-electron chi connectivity index (χ1n) is 9.11. The molecule has 0 saturated carbocycles. The van der Waals surface area contributed by atoms with Gasteiger partial charge in [0, 0.05) is 32.1 Å². The average Bonchev–Trinajstić information content (AvgIpc) is 3.18. The minimum atomic E-state index is -3.39. The molecular formula is C17H27N3O3S2. The normalized spacial score (nSPS) is 21.3. The molecule has 3 rings (SSSR count). The molecule has 2 saturated heterocycles. The maximum absolute atomic E-state index is 12.5. The summed E-state index contributed by atoms with van der Waals surface area (Å²) in [5.74, 6) is 0.00122. The summed E-state index contributed by atoms with van der Waals surface area (Å²) in [5.41, 5.74) is 0. The maximum Gasteiger partial charge on any atom is 0.252 e. The first-order valence-corrected chi connectivity index (χ1v) is 11.4. The van der Waals surface area contributed by atoms with E-state index >= 15 is 0 Å². The van der Waals surface area contributed by atoms with Gasteiger partial charge in [-0.1, -0.05) is 12.5 Å². The van der Waals surface area contributed by atoms with Crippen LogP contribution in [0, 0.1) is 5.92 Å². The van der Waals surface area contributed by atoms with Gasteiger partial charge in [0.2, 0.25) is 5.91 Å². The second-order valence-corrected chi connectivity index (χ2v) is 9.92. The molecule has 0 atom stereocenters. The molecule has 1 N–H and O–H groups in total. The maximum atomic E-state index is 12.5. The molecule has 1 aromatic rings. The van der Waals surface area contributed by atoms with E-state index in [4.69, 9.17) is 0 Å². The van der Waals surface area contributed by atoms with Crippen molar-refractivity contribution in [2.24, 2.45) is 5.92 Å². The van der Waals surface area contributed by atoms with Crippen molar-refractivity contribution in [1.29, 1.82) is 0 Å². The largest absolute Gasteiger partial charge is 0.355 e. The number of sulfonamides is 1. The van der Waals surface area contributed by atoms with E-state index in [0.29, 0.717) is 36.7 Å². The molecule has 0 spiro atoms. The zero-order valence-electron chi connectivity index (χ0n) is 14.5. The van der Waals surface area contributed by atoms with Crippen LogP contribution in [0.3, 0.4) is 0 Å². The van der Waals surface area contributed by atoms with Crippen LogP contribution in [0.25, 0.3) is 0 Å². The summed E-state index contributed by atoms with van der Waals surface area (Å²) in [6.07, 6.45) is 5.02. The quantitative estimate of drug-likeness (QED) is 0.810. The van der Waals surface area contributed by atoms with Gasteiger partial charge in [0.15, 0.2) is 0 Å². The van der Waals surface area contributed by atoms with Gasteiger partial charge in [-0.3, -0.25) is 4.79 Å². The number of carbonyl (C=O) groups excluding carboxylic acids is 1. The first kappa shape index (κ1) is 18.8. The van der Waals surface area contributed by atoms with E-state index in [0.717, 1.165) is 19.6 Å². The molecule has 0 aliphatic carbocycles. The van der Waals surface area contributed by atoms with Gasteiger partial charge in [0.05, 0.1) is 0 Å². The third kappa shape index (κ3) is 4.81. The molecule has 0 aromatic carbocycles. The SMILES string of the molecule is O=C(NCCN1CCCCC1)C1CCN(S(=O)(=O)c2cccs2)CC1. The van der Waals surface area contributed by atoms with Gasteiger partial charge >= 0.3 is 0 Å². The van der Waals surface area contributed by atoms with Crippen LogP contribution in [0.2, 0.25) is 0 Å². The number of thiophene rings is 1. The Morgan fingerprint density at radius 1 is 1.16 bits per heavy atom. The Morgan fingerprint density at radius 2 is 1.88 bits per heavy atom. The molecule has 2 aliphatic rings. The Bertz CT molecular complexity index is 647. The van der Waals surface area contributed by atoms with Gasteiger partial charge in [-0.15, -0.1) is 11.3 Å². The van der Waals surface area contributed by atoms with Crippen LogP contribution in [0.1, 0.15) is 32.1 Å². The van der Waals surface area contributed by atoms with Gasteiger partial charge < -0.3 is 10.2 Å². The van der Waals surface area contributed by atoms with E-state index in [1.165, 1.54) is 34.9 Å². The molecule has 0 unspecified atom stereocenters. The molecule has 2 fully saturated rings. The standard InChI is InChI=1S/C17H27N3O3S2/c21-17(18-8-13-19-9-2-1-3-10-19)15-6-11-20(12-7-15)25(22,23)16-5-4-14-24-16/h4-5,14-15H,1-3,6-13H2,(H,18,21). The number of hydrogen-bond donors (Lipinski definition) is 1. The lowest BCUT2D eigenvalue weighted by atomic mass is 9.97. The van der Waals surface area contributed by atoms with Crippen molar-refractivity contribution in [3.05, 3.63) is 17.5 Å². The molecule has 0 radical (unpaired) electrons. The fourth-order valence-corrected chi connectivity index (χ4v) is 6.17. The summed E-state index contributed by atoms with van der Waals surface area (Å²) in [5, 5.41) is 4.81. The van der Waals surface area contributed by atoms with E-state index in [2.05, 4.69) is 10.2 Å². The number of carbonyl (C=O) groups is 1. The zero-order chi connectivity index (χ0) is 17.7. The Hall–Kier alpha value is -0.960. The predicted octanol–water partition coefficient (Wildman–Crippen LogP) is 1.75. The number of amides is 1. The van der Waals surface area contributed by atoms with Crippen LogP contribution < -0.4 is 5.32 Å². The lowest BCUT2D eigenvalue weighted by molar-refractivity contribution is -0.126. The number of likely N-dealkylation sites (tertiary alicyclic amines) is 1. The average molecular weight is 386 g/mol. The van der Waals surface area contributed by atoms with E-state index in [1.54, 1.807) is 17.5 Å². The molecule has 8 heteroatoms. The second kappa shape index (κ2) is 8.62. The van der Waals surface area contributed by atoms with Crippen LogP contribution in [0.4, 0.5) is 0 Å². The zero-order valence-corrected chi connectivity index (χ0v) is 16.2. The van der Waals surface area contributed by atoms with Crippen molar-refractivity contribution >= 4 is 27.3 Å². The monoisotopic (exact) mass is 385 g/mol. The van der Waals surface area contributed by atoms with Crippen molar-refractivity contribution in [2.75, 3.05) is 39.3 Å². The molecule has 140 valence electrons. The molecule has 25 heavy (non-hydrogen) atoms. The van der Waals surface area contributed by atoms with E-state index in [9.17, 15) is 13.2 Å². The number of hydrogen-bond acceptors (Lipinski definition) is 5. The minimum Gasteiger partial charge on any atom is -0.355 e.